The molecule has 9 heteroatoms. The van der Waals surface area contributed by atoms with E-state index in [0.717, 1.165) is 6.42 Å². The van der Waals surface area contributed by atoms with Gasteiger partial charge in [0.1, 0.15) is 4.90 Å². The molecule has 0 saturated carbocycles. The third-order valence-corrected chi connectivity index (χ3v) is 6.92. The molecule has 0 radical (unpaired) electrons. The van der Waals surface area contributed by atoms with Crippen LogP contribution >= 0.6 is 0 Å². The van der Waals surface area contributed by atoms with E-state index in [1.165, 1.54) is 0 Å². The highest BCUT2D eigenvalue weighted by Crippen LogP contribution is 2.30. The van der Waals surface area contributed by atoms with Gasteiger partial charge in [0.2, 0.25) is 11.8 Å². The SMILES string of the molecule is NC(=O)CCN(C(=O)[C@@H]1CCCN(C2=NS(=O)(=O)c3ccccc32)C1)c1ccccc1. The zero-order valence-corrected chi connectivity index (χ0v) is 17.8. The highest BCUT2D eigenvalue weighted by molar-refractivity contribution is 7.90. The molecule has 2 heterocycles. The average molecular weight is 441 g/mol. The van der Waals surface area contributed by atoms with Crippen LogP contribution in [0.25, 0.3) is 0 Å². The summed E-state index contributed by atoms with van der Waals surface area (Å²) in [5, 5.41) is 0. The molecule has 0 spiro atoms. The molecule has 2 aliphatic heterocycles. The van der Waals surface area contributed by atoms with Crippen molar-refractivity contribution >= 4 is 33.4 Å². The summed E-state index contributed by atoms with van der Waals surface area (Å²) in [5.41, 5.74) is 6.59. The number of sulfonamides is 1. The second kappa shape index (κ2) is 8.50. The molecular formula is C22H24N4O4S. The number of primary amides is 1. The lowest BCUT2D eigenvalue weighted by atomic mass is 9.95. The molecule has 1 saturated heterocycles. The van der Waals surface area contributed by atoms with Crippen LogP contribution in [0.4, 0.5) is 5.69 Å². The third-order valence-electron chi connectivity index (χ3n) is 5.60. The summed E-state index contributed by atoms with van der Waals surface area (Å²) in [4.78, 5) is 28.5. The molecule has 0 unspecified atom stereocenters. The van der Waals surface area contributed by atoms with Crippen molar-refractivity contribution in [2.45, 2.75) is 24.2 Å². The van der Waals surface area contributed by atoms with Crippen LogP contribution < -0.4 is 10.6 Å². The number of piperidine rings is 1. The van der Waals surface area contributed by atoms with Gasteiger partial charge in [-0.2, -0.15) is 8.42 Å². The van der Waals surface area contributed by atoms with Gasteiger partial charge in [0.15, 0.2) is 5.84 Å². The average Bonchev–Trinajstić information content (AvgIpc) is 3.05. The minimum Gasteiger partial charge on any atom is -0.370 e. The van der Waals surface area contributed by atoms with Crippen LogP contribution in [0, 0.1) is 5.92 Å². The van der Waals surface area contributed by atoms with Crippen molar-refractivity contribution in [3.05, 3.63) is 60.2 Å². The first-order chi connectivity index (χ1) is 14.9. The van der Waals surface area contributed by atoms with Crippen LogP contribution in [-0.4, -0.2) is 50.6 Å². The minimum absolute atomic E-state index is 0.0649. The predicted molar refractivity (Wildman–Crippen MR) is 117 cm³/mol. The number of hydrogen-bond donors (Lipinski definition) is 1. The quantitative estimate of drug-likeness (QED) is 0.761. The van der Waals surface area contributed by atoms with Gasteiger partial charge >= 0.3 is 0 Å². The topological polar surface area (TPSA) is 113 Å². The van der Waals surface area contributed by atoms with E-state index in [2.05, 4.69) is 4.40 Å². The number of rotatable bonds is 5. The summed E-state index contributed by atoms with van der Waals surface area (Å²) in [6.07, 6.45) is 1.47. The molecule has 2 aliphatic rings. The number of nitrogens with two attached hydrogens (primary N) is 1. The Bertz CT molecular complexity index is 1130. The molecule has 2 amide bonds. The molecular weight excluding hydrogens is 416 g/mol. The van der Waals surface area contributed by atoms with Gasteiger partial charge in [0, 0.05) is 37.3 Å². The van der Waals surface area contributed by atoms with E-state index in [4.69, 9.17) is 5.73 Å². The molecule has 2 aromatic carbocycles. The number of carbonyl (C=O) groups excluding carboxylic acids is 2. The van der Waals surface area contributed by atoms with E-state index in [1.807, 2.05) is 35.2 Å². The van der Waals surface area contributed by atoms with Gasteiger partial charge < -0.3 is 15.5 Å². The van der Waals surface area contributed by atoms with Gasteiger partial charge in [0.05, 0.1) is 5.92 Å². The Balaban J connectivity index is 1.58. The first-order valence-electron chi connectivity index (χ1n) is 10.2. The fourth-order valence-electron chi connectivity index (χ4n) is 4.10. The number of anilines is 1. The number of carbonyl (C=O) groups is 2. The van der Waals surface area contributed by atoms with Crippen molar-refractivity contribution < 1.29 is 18.0 Å². The molecule has 8 nitrogen and oxygen atoms in total. The van der Waals surface area contributed by atoms with E-state index in [-0.39, 0.29) is 29.7 Å². The fourth-order valence-corrected chi connectivity index (χ4v) is 5.33. The van der Waals surface area contributed by atoms with E-state index >= 15 is 0 Å². The lowest BCUT2D eigenvalue weighted by molar-refractivity contribution is -0.123. The number of amides is 2. The highest BCUT2D eigenvalue weighted by Gasteiger charge is 2.36. The molecule has 2 aromatic rings. The van der Waals surface area contributed by atoms with Gasteiger partial charge in [-0.3, -0.25) is 9.59 Å². The first kappa shape index (κ1) is 21.0. The summed E-state index contributed by atoms with van der Waals surface area (Å²) in [7, 11) is -3.72. The van der Waals surface area contributed by atoms with Crippen LogP contribution in [0.5, 0.6) is 0 Å². The van der Waals surface area contributed by atoms with Gasteiger partial charge in [0.25, 0.3) is 10.0 Å². The van der Waals surface area contributed by atoms with Crippen molar-refractivity contribution in [1.29, 1.82) is 0 Å². The molecule has 0 aromatic heterocycles. The summed E-state index contributed by atoms with van der Waals surface area (Å²) >= 11 is 0. The molecule has 31 heavy (non-hydrogen) atoms. The standard InChI is InChI=1S/C22H24N4O4S/c23-20(27)12-14-26(17-8-2-1-3-9-17)22(28)16-7-6-13-25(15-16)21-18-10-4-5-11-19(18)31(29,30)24-21/h1-5,8-11,16H,6-7,12-15H2,(H2,23,27)/t16-/m1/s1. The highest BCUT2D eigenvalue weighted by atomic mass is 32.2. The third kappa shape index (κ3) is 4.32. The van der Waals surface area contributed by atoms with Crippen LogP contribution in [0.1, 0.15) is 24.8 Å². The van der Waals surface area contributed by atoms with E-state index in [9.17, 15) is 18.0 Å². The monoisotopic (exact) mass is 440 g/mol. The van der Waals surface area contributed by atoms with Crippen LogP contribution in [0.3, 0.4) is 0 Å². The molecule has 2 N–H and O–H groups in total. The Labute approximate surface area is 181 Å². The van der Waals surface area contributed by atoms with Crippen LogP contribution in [0.15, 0.2) is 63.9 Å². The second-order valence-electron chi connectivity index (χ2n) is 7.71. The van der Waals surface area contributed by atoms with Gasteiger partial charge in [-0.1, -0.05) is 30.3 Å². The maximum Gasteiger partial charge on any atom is 0.285 e. The fraction of sp³-hybridized carbons (Fsp3) is 0.318. The van der Waals surface area contributed by atoms with E-state index in [0.29, 0.717) is 36.6 Å². The van der Waals surface area contributed by atoms with Crippen molar-refractivity contribution in [2.75, 3.05) is 24.5 Å². The number of likely N-dealkylation sites (tertiary alicyclic amines) is 1. The molecule has 4 rings (SSSR count). The number of amidine groups is 1. The van der Waals surface area contributed by atoms with Crippen molar-refractivity contribution in [2.24, 2.45) is 16.0 Å². The largest absolute Gasteiger partial charge is 0.370 e. The Morgan fingerprint density at radius 2 is 1.81 bits per heavy atom. The minimum atomic E-state index is -3.72. The van der Waals surface area contributed by atoms with Gasteiger partial charge in [-0.15, -0.1) is 4.40 Å². The van der Waals surface area contributed by atoms with Crippen LogP contribution in [0.2, 0.25) is 0 Å². The molecule has 1 atom stereocenters. The summed E-state index contributed by atoms with van der Waals surface area (Å²) in [6.45, 7) is 1.19. The van der Waals surface area contributed by atoms with E-state index in [1.54, 1.807) is 29.2 Å². The van der Waals surface area contributed by atoms with E-state index < -0.39 is 15.9 Å². The lowest BCUT2D eigenvalue weighted by Gasteiger charge is -2.36. The molecule has 162 valence electrons. The number of hydrogen-bond acceptors (Lipinski definition) is 5. The lowest BCUT2D eigenvalue weighted by Crippen LogP contribution is -2.47. The number of benzene rings is 2. The molecule has 0 bridgehead atoms. The summed E-state index contributed by atoms with van der Waals surface area (Å²) in [5.74, 6) is -0.524. The second-order valence-corrected chi connectivity index (χ2v) is 9.29. The normalized spacial score (nSPS) is 19.4. The smallest absolute Gasteiger partial charge is 0.285 e. The number of para-hydroxylation sites is 1. The molecule has 1 fully saturated rings. The van der Waals surface area contributed by atoms with Crippen LogP contribution in [-0.2, 0) is 19.6 Å². The maximum absolute atomic E-state index is 13.4. The summed E-state index contributed by atoms with van der Waals surface area (Å²) in [6, 6.07) is 15.9. The van der Waals surface area contributed by atoms with Gasteiger partial charge in [-0.05, 0) is 37.1 Å². The Morgan fingerprint density at radius 3 is 2.55 bits per heavy atom. The Kier molecular flexibility index (Phi) is 5.77. The number of fused-ring (bicyclic) bond motifs is 1. The zero-order chi connectivity index (χ0) is 22.0. The zero-order valence-electron chi connectivity index (χ0n) is 17.0. The predicted octanol–water partition coefficient (Wildman–Crippen LogP) is 1.76. The Morgan fingerprint density at radius 1 is 1.10 bits per heavy atom. The maximum atomic E-state index is 13.4. The van der Waals surface area contributed by atoms with Gasteiger partial charge in [-0.25, -0.2) is 0 Å². The Hall–Kier alpha value is -3.20. The number of nitrogens with zero attached hydrogens (tertiary/aromatic N) is 3. The van der Waals surface area contributed by atoms with Crippen molar-refractivity contribution in [1.82, 2.24) is 4.90 Å². The van der Waals surface area contributed by atoms with Crippen molar-refractivity contribution in [3.63, 3.8) is 0 Å². The van der Waals surface area contributed by atoms with Crippen molar-refractivity contribution in [3.8, 4) is 0 Å². The molecule has 0 aliphatic carbocycles. The first-order valence-corrected chi connectivity index (χ1v) is 11.6. The summed E-state index contributed by atoms with van der Waals surface area (Å²) < 4.78 is 28.9.